The fourth-order valence-corrected chi connectivity index (χ4v) is 2.21. The first-order chi connectivity index (χ1) is 8.79. The second-order valence-corrected chi connectivity index (χ2v) is 6.82. The van der Waals surface area contributed by atoms with Gasteiger partial charge in [-0.2, -0.15) is 0 Å². The topological polar surface area (TPSA) is 29.1 Å². The van der Waals surface area contributed by atoms with E-state index in [4.69, 9.17) is 0 Å². The molecule has 0 aromatic heterocycles. The summed E-state index contributed by atoms with van der Waals surface area (Å²) in [5.41, 5.74) is 1.33. The third-order valence-corrected chi connectivity index (χ3v) is 3.28. The van der Waals surface area contributed by atoms with Crippen molar-refractivity contribution in [3.8, 4) is 0 Å². The number of carbonyl (C=O) groups is 1. The molecular formula is C17H27NO. The molecule has 0 fully saturated rings. The van der Waals surface area contributed by atoms with Gasteiger partial charge in [-0.25, -0.2) is 0 Å². The summed E-state index contributed by atoms with van der Waals surface area (Å²) in [6.45, 7) is 11.4. The van der Waals surface area contributed by atoms with Gasteiger partial charge in [-0.05, 0) is 23.3 Å². The van der Waals surface area contributed by atoms with Crippen molar-refractivity contribution in [2.75, 3.05) is 0 Å². The molecule has 1 atom stereocenters. The van der Waals surface area contributed by atoms with Gasteiger partial charge in [0.25, 0.3) is 0 Å². The Morgan fingerprint density at radius 3 is 2.21 bits per heavy atom. The number of amides is 1. The smallest absolute Gasteiger partial charge is 0.223 e. The van der Waals surface area contributed by atoms with Crippen LogP contribution in [0.3, 0.4) is 0 Å². The maximum atomic E-state index is 12.3. The van der Waals surface area contributed by atoms with Crippen molar-refractivity contribution in [3.63, 3.8) is 0 Å². The Morgan fingerprint density at radius 1 is 1.16 bits per heavy atom. The Kier molecular flexibility index (Phi) is 5.59. The van der Waals surface area contributed by atoms with Crippen molar-refractivity contribution in [1.82, 2.24) is 5.32 Å². The third-order valence-electron chi connectivity index (χ3n) is 3.28. The Morgan fingerprint density at radius 2 is 1.74 bits per heavy atom. The molecule has 1 amide bonds. The van der Waals surface area contributed by atoms with Gasteiger partial charge in [-0.15, -0.1) is 0 Å². The molecule has 0 aliphatic heterocycles. The van der Waals surface area contributed by atoms with Crippen LogP contribution in [-0.2, 0) is 11.3 Å². The maximum absolute atomic E-state index is 12.3. The maximum Gasteiger partial charge on any atom is 0.223 e. The lowest BCUT2D eigenvalue weighted by atomic mass is 9.79. The van der Waals surface area contributed by atoms with Crippen molar-refractivity contribution in [2.45, 2.75) is 47.6 Å². The highest BCUT2D eigenvalue weighted by molar-refractivity contribution is 5.78. The lowest BCUT2D eigenvalue weighted by Crippen LogP contribution is -2.35. The van der Waals surface area contributed by atoms with E-state index in [1.54, 1.807) is 0 Å². The molecule has 0 radical (unpaired) electrons. The van der Waals surface area contributed by atoms with Gasteiger partial charge in [0, 0.05) is 12.5 Å². The van der Waals surface area contributed by atoms with E-state index in [1.165, 1.54) is 0 Å². The SMILES string of the molecule is CC(C)C(CC(C)(C)C)C(=O)NCc1ccccc1. The molecule has 0 aliphatic rings. The minimum absolute atomic E-state index is 0.0868. The van der Waals surface area contributed by atoms with Gasteiger partial charge in [0.1, 0.15) is 0 Å². The summed E-state index contributed by atoms with van der Waals surface area (Å²) in [6.07, 6.45) is 0.922. The normalized spacial score (nSPS) is 13.4. The van der Waals surface area contributed by atoms with E-state index in [0.717, 1.165) is 12.0 Å². The molecule has 2 nitrogen and oxygen atoms in total. The van der Waals surface area contributed by atoms with Gasteiger partial charge >= 0.3 is 0 Å². The number of carbonyl (C=O) groups excluding carboxylic acids is 1. The van der Waals surface area contributed by atoms with E-state index in [0.29, 0.717) is 12.5 Å². The van der Waals surface area contributed by atoms with Crippen LogP contribution >= 0.6 is 0 Å². The van der Waals surface area contributed by atoms with Crippen molar-refractivity contribution in [1.29, 1.82) is 0 Å². The average molecular weight is 261 g/mol. The van der Waals surface area contributed by atoms with Gasteiger partial charge in [0.2, 0.25) is 5.91 Å². The summed E-state index contributed by atoms with van der Waals surface area (Å²) < 4.78 is 0. The number of hydrogen-bond donors (Lipinski definition) is 1. The Hall–Kier alpha value is -1.31. The fourth-order valence-electron chi connectivity index (χ4n) is 2.21. The van der Waals surface area contributed by atoms with Crippen LogP contribution in [-0.4, -0.2) is 5.91 Å². The van der Waals surface area contributed by atoms with E-state index in [9.17, 15) is 4.79 Å². The van der Waals surface area contributed by atoms with Crippen LogP contribution in [0.1, 0.15) is 46.6 Å². The molecule has 0 saturated carbocycles. The summed E-state index contributed by atoms with van der Waals surface area (Å²) in [5, 5.41) is 3.06. The van der Waals surface area contributed by atoms with Crippen molar-refractivity contribution < 1.29 is 4.79 Å². The molecule has 1 unspecified atom stereocenters. The Bertz CT molecular complexity index is 389. The summed E-state index contributed by atoms with van der Waals surface area (Å²) in [5.74, 6) is 0.632. The number of nitrogens with one attached hydrogen (secondary N) is 1. The zero-order valence-corrected chi connectivity index (χ0v) is 12.9. The lowest BCUT2D eigenvalue weighted by molar-refractivity contribution is -0.127. The molecule has 1 rings (SSSR count). The summed E-state index contributed by atoms with van der Waals surface area (Å²) in [6, 6.07) is 10.1. The summed E-state index contributed by atoms with van der Waals surface area (Å²) in [7, 11) is 0. The molecule has 1 N–H and O–H groups in total. The van der Waals surface area contributed by atoms with Crippen LogP contribution in [0, 0.1) is 17.3 Å². The highest BCUT2D eigenvalue weighted by atomic mass is 16.1. The zero-order valence-electron chi connectivity index (χ0n) is 12.9. The van der Waals surface area contributed by atoms with Gasteiger partial charge in [-0.1, -0.05) is 65.0 Å². The predicted molar refractivity (Wildman–Crippen MR) is 80.7 cm³/mol. The quantitative estimate of drug-likeness (QED) is 0.852. The first-order valence-electron chi connectivity index (χ1n) is 7.11. The molecule has 19 heavy (non-hydrogen) atoms. The second kappa shape index (κ2) is 6.74. The molecule has 0 saturated heterocycles. The van der Waals surface area contributed by atoms with Gasteiger partial charge in [-0.3, -0.25) is 4.79 Å². The van der Waals surface area contributed by atoms with Gasteiger partial charge < -0.3 is 5.32 Å². The molecule has 0 spiro atoms. The van der Waals surface area contributed by atoms with E-state index in [1.807, 2.05) is 30.3 Å². The van der Waals surface area contributed by atoms with Gasteiger partial charge in [0.05, 0.1) is 0 Å². The number of rotatable bonds is 5. The van der Waals surface area contributed by atoms with Crippen LogP contribution < -0.4 is 5.32 Å². The first kappa shape index (κ1) is 15.7. The highest BCUT2D eigenvalue weighted by Crippen LogP contribution is 2.29. The van der Waals surface area contributed by atoms with Crippen LogP contribution in [0.15, 0.2) is 30.3 Å². The van der Waals surface area contributed by atoms with E-state index >= 15 is 0 Å². The minimum Gasteiger partial charge on any atom is -0.352 e. The van der Waals surface area contributed by atoms with E-state index < -0.39 is 0 Å². The predicted octanol–water partition coefficient (Wildman–Crippen LogP) is 4.01. The van der Waals surface area contributed by atoms with Crippen molar-refractivity contribution >= 4 is 5.91 Å². The molecule has 1 aromatic rings. The largest absolute Gasteiger partial charge is 0.352 e. The molecule has 0 heterocycles. The van der Waals surface area contributed by atoms with Crippen LogP contribution in [0.25, 0.3) is 0 Å². The zero-order chi connectivity index (χ0) is 14.5. The lowest BCUT2D eigenvalue weighted by Gasteiger charge is -2.28. The average Bonchev–Trinajstić information content (AvgIpc) is 2.33. The molecule has 0 aliphatic carbocycles. The van der Waals surface area contributed by atoms with Crippen LogP contribution in [0.4, 0.5) is 0 Å². The summed E-state index contributed by atoms with van der Waals surface area (Å²) >= 11 is 0. The van der Waals surface area contributed by atoms with E-state index in [2.05, 4.69) is 39.9 Å². The first-order valence-corrected chi connectivity index (χ1v) is 7.11. The van der Waals surface area contributed by atoms with E-state index in [-0.39, 0.29) is 17.2 Å². The van der Waals surface area contributed by atoms with Crippen LogP contribution in [0.2, 0.25) is 0 Å². The number of benzene rings is 1. The molecule has 0 bridgehead atoms. The Balaban J connectivity index is 2.58. The third kappa shape index (κ3) is 5.91. The Labute approximate surface area is 117 Å². The van der Waals surface area contributed by atoms with Crippen LogP contribution in [0.5, 0.6) is 0 Å². The molecule has 1 aromatic carbocycles. The van der Waals surface area contributed by atoms with Gasteiger partial charge in [0.15, 0.2) is 0 Å². The number of hydrogen-bond acceptors (Lipinski definition) is 1. The minimum atomic E-state index is 0.0868. The molecule has 2 heteroatoms. The van der Waals surface area contributed by atoms with Crippen molar-refractivity contribution in [3.05, 3.63) is 35.9 Å². The molecule has 106 valence electrons. The monoisotopic (exact) mass is 261 g/mol. The summed E-state index contributed by atoms with van der Waals surface area (Å²) in [4.78, 5) is 12.3. The molecular weight excluding hydrogens is 234 g/mol. The highest BCUT2D eigenvalue weighted by Gasteiger charge is 2.27. The second-order valence-electron chi connectivity index (χ2n) is 6.82. The standard InChI is InChI=1S/C17H27NO/c1-13(2)15(11-17(3,4)5)16(19)18-12-14-9-7-6-8-10-14/h6-10,13,15H,11-12H2,1-5H3,(H,18,19). The van der Waals surface area contributed by atoms with Crippen molar-refractivity contribution in [2.24, 2.45) is 17.3 Å². The fraction of sp³-hybridized carbons (Fsp3) is 0.588.